The van der Waals surface area contributed by atoms with Gasteiger partial charge in [0.15, 0.2) is 5.82 Å². The van der Waals surface area contributed by atoms with E-state index in [2.05, 4.69) is 10.1 Å². The molecule has 1 aliphatic rings. The smallest absolute Gasteiger partial charge is 0.257 e. The molecule has 2 aromatic carbocycles. The molecule has 0 atom stereocenters. The molecule has 0 aliphatic carbocycles. The van der Waals surface area contributed by atoms with Crippen LogP contribution in [-0.4, -0.2) is 57.9 Å². The molecule has 0 unspecified atom stereocenters. The number of rotatable bonds is 5. The van der Waals surface area contributed by atoms with Crippen molar-refractivity contribution in [2.45, 2.75) is 17.6 Å². The number of carbonyl (C=O) groups is 2. The normalized spacial score (nSPS) is 14.0. The molecule has 0 saturated carbocycles. The molecule has 166 valence electrons. The minimum Gasteiger partial charge on any atom is -0.340 e. The molecule has 7 nitrogen and oxygen atoms in total. The summed E-state index contributed by atoms with van der Waals surface area (Å²) in [7, 11) is 0. The van der Waals surface area contributed by atoms with Gasteiger partial charge in [0.25, 0.3) is 11.8 Å². The Labute approximate surface area is 193 Å². The lowest BCUT2D eigenvalue weighted by molar-refractivity contribution is 0.0531. The average molecular weight is 475 g/mol. The number of thioether (sulfide) groups is 1. The Morgan fingerprint density at radius 2 is 1.72 bits per heavy atom. The summed E-state index contributed by atoms with van der Waals surface area (Å²) in [4.78, 5) is 34.1. The molecule has 32 heavy (non-hydrogen) atoms. The summed E-state index contributed by atoms with van der Waals surface area (Å²) in [5.41, 5.74) is 0.522. The van der Waals surface area contributed by atoms with E-state index in [0.29, 0.717) is 54.2 Å². The van der Waals surface area contributed by atoms with E-state index in [9.17, 15) is 14.0 Å². The number of hydrogen-bond donors (Lipinski definition) is 0. The number of aryl methyl sites for hydroxylation is 1. The second-order valence-electron chi connectivity index (χ2n) is 7.22. The molecule has 0 radical (unpaired) electrons. The zero-order valence-electron chi connectivity index (χ0n) is 17.3. The summed E-state index contributed by atoms with van der Waals surface area (Å²) >= 11 is 7.37. The SMILES string of the molecule is Cc1nc(CSc2ccccc2C(=O)N2CCN(C(=O)c3cc(Cl)ccc3F)CC2)no1. The van der Waals surface area contributed by atoms with Crippen molar-refractivity contribution < 1.29 is 18.5 Å². The van der Waals surface area contributed by atoms with Crippen molar-refractivity contribution in [2.75, 3.05) is 26.2 Å². The van der Waals surface area contributed by atoms with Gasteiger partial charge >= 0.3 is 0 Å². The van der Waals surface area contributed by atoms with E-state index in [1.165, 1.54) is 34.9 Å². The number of aromatic nitrogens is 2. The van der Waals surface area contributed by atoms with Crippen LogP contribution in [0.2, 0.25) is 5.02 Å². The topological polar surface area (TPSA) is 79.5 Å². The monoisotopic (exact) mass is 474 g/mol. The van der Waals surface area contributed by atoms with E-state index in [-0.39, 0.29) is 11.5 Å². The van der Waals surface area contributed by atoms with Gasteiger partial charge in [0, 0.05) is 43.0 Å². The van der Waals surface area contributed by atoms with Crippen LogP contribution in [0, 0.1) is 12.7 Å². The number of amides is 2. The van der Waals surface area contributed by atoms with Gasteiger partial charge in [0.05, 0.1) is 16.9 Å². The van der Waals surface area contributed by atoms with Crippen molar-refractivity contribution in [3.05, 3.63) is 76.1 Å². The fourth-order valence-electron chi connectivity index (χ4n) is 3.43. The Morgan fingerprint density at radius 3 is 2.38 bits per heavy atom. The zero-order valence-corrected chi connectivity index (χ0v) is 18.8. The van der Waals surface area contributed by atoms with Crippen LogP contribution in [-0.2, 0) is 5.75 Å². The van der Waals surface area contributed by atoms with Crippen LogP contribution in [0.15, 0.2) is 51.9 Å². The van der Waals surface area contributed by atoms with E-state index in [4.69, 9.17) is 16.1 Å². The minimum atomic E-state index is -0.611. The Bertz CT molecular complexity index is 1150. The van der Waals surface area contributed by atoms with E-state index >= 15 is 0 Å². The predicted octanol–water partition coefficient (Wildman–Crippen LogP) is 4.06. The number of piperazine rings is 1. The maximum Gasteiger partial charge on any atom is 0.257 e. The lowest BCUT2D eigenvalue weighted by Gasteiger charge is -2.35. The van der Waals surface area contributed by atoms with Crippen LogP contribution >= 0.6 is 23.4 Å². The molecular formula is C22H20ClFN4O3S. The predicted molar refractivity (Wildman–Crippen MR) is 118 cm³/mol. The zero-order chi connectivity index (χ0) is 22.7. The van der Waals surface area contributed by atoms with Crippen LogP contribution in [0.5, 0.6) is 0 Å². The summed E-state index contributed by atoms with van der Waals surface area (Å²) in [6.07, 6.45) is 0. The maximum atomic E-state index is 14.1. The van der Waals surface area contributed by atoms with Gasteiger partial charge in [-0.05, 0) is 30.3 Å². The van der Waals surface area contributed by atoms with Crippen molar-refractivity contribution in [2.24, 2.45) is 0 Å². The van der Waals surface area contributed by atoms with Crippen molar-refractivity contribution in [3.8, 4) is 0 Å². The van der Waals surface area contributed by atoms with Gasteiger partial charge < -0.3 is 14.3 Å². The second-order valence-corrected chi connectivity index (χ2v) is 8.68. The Morgan fingerprint density at radius 1 is 1.06 bits per heavy atom. The van der Waals surface area contributed by atoms with Gasteiger partial charge in [-0.25, -0.2) is 4.39 Å². The molecule has 10 heteroatoms. The lowest BCUT2D eigenvalue weighted by Crippen LogP contribution is -2.50. The molecule has 1 aromatic heterocycles. The molecule has 1 fully saturated rings. The van der Waals surface area contributed by atoms with E-state index in [0.717, 1.165) is 4.90 Å². The van der Waals surface area contributed by atoms with Gasteiger partial charge in [-0.3, -0.25) is 9.59 Å². The molecule has 4 rings (SSSR count). The van der Waals surface area contributed by atoms with Gasteiger partial charge in [0.2, 0.25) is 5.89 Å². The van der Waals surface area contributed by atoms with Crippen LogP contribution < -0.4 is 0 Å². The first kappa shape index (κ1) is 22.3. The van der Waals surface area contributed by atoms with Crippen molar-refractivity contribution in [1.29, 1.82) is 0 Å². The highest BCUT2D eigenvalue weighted by Crippen LogP contribution is 2.27. The van der Waals surface area contributed by atoms with Crippen LogP contribution in [0.25, 0.3) is 0 Å². The molecular weight excluding hydrogens is 455 g/mol. The van der Waals surface area contributed by atoms with Gasteiger partial charge in [0.1, 0.15) is 5.82 Å². The largest absolute Gasteiger partial charge is 0.340 e. The third-order valence-electron chi connectivity index (χ3n) is 5.06. The fraction of sp³-hybridized carbons (Fsp3) is 0.273. The highest BCUT2D eigenvalue weighted by molar-refractivity contribution is 7.98. The summed E-state index contributed by atoms with van der Waals surface area (Å²) in [6.45, 7) is 3.07. The van der Waals surface area contributed by atoms with Crippen LogP contribution in [0.1, 0.15) is 32.4 Å². The Kier molecular flexibility index (Phi) is 6.76. The molecule has 3 aromatic rings. The highest BCUT2D eigenvalue weighted by atomic mass is 35.5. The van der Waals surface area contributed by atoms with Crippen molar-refractivity contribution in [1.82, 2.24) is 19.9 Å². The first-order valence-corrected chi connectivity index (χ1v) is 11.3. The Balaban J connectivity index is 1.40. The van der Waals surface area contributed by atoms with Gasteiger partial charge in [-0.15, -0.1) is 11.8 Å². The molecule has 0 spiro atoms. The average Bonchev–Trinajstić information content (AvgIpc) is 3.23. The van der Waals surface area contributed by atoms with Crippen molar-refractivity contribution in [3.63, 3.8) is 0 Å². The third-order valence-corrected chi connectivity index (χ3v) is 6.36. The molecule has 0 bridgehead atoms. The number of hydrogen-bond acceptors (Lipinski definition) is 6. The number of nitrogens with zero attached hydrogens (tertiary/aromatic N) is 4. The van der Waals surface area contributed by atoms with Crippen LogP contribution in [0.3, 0.4) is 0 Å². The molecule has 0 N–H and O–H groups in total. The summed E-state index contributed by atoms with van der Waals surface area (Å²) in [5.74, 6) is 0.391. The third kappa shape index (κ3) is 4.94. The first-order chi connectivity index (χ1) is 15.4. The van der Waals surface area contributed by atoms with E-state index in [1.54, 1.807) is 17.9 Å². The maximum absolute atomic E-state index is 14.1. The lowest BCUT2D eigenvalue weighted by atomic mass is 10.1. The first-order valence-electron chi connectivity index (χ1n) is 9.97. The summed E-state index contributed by atoms with van der Waals surface area (Å²) < 4.78 is 19.0. The molecule has 1 saturated heterocycles. The van der Waals surface area contributed by atoms with E-state index in [1.807, 2.05) is 18.2 Å². The summed E-state index contributed by atoms with van der Waals surface area (Å²) in [6, 6.07) is 11.3. The highest BCUT2D eigenvalue weighted by Gasteiger charge is 2.28. The number of halogens is 2. The Hall–Kier alpha value is -2.91. The number of benzene rings is 2. The quantitative estimate of drug-likeness (QED) is 0.519. The van der Waals surface area contributed by atoms with E-state index < -0.39 is 11.7 Å². The minimum absolute atomic E-state index is 0.0595. The second kappa shape index (κ2) is 9.70. The molecule has 2 amide bonds. The van der Waals surface area contributed by atoms with Gasteiger partial charge in [-0.1, -0.05) is 28.9 Å². The van der Waals surface area contributed by atoms with Crippen molar-refractivity contribution >= 4 is 35.2 Å². The van der Waals surface area contributed by atoms with Gasteiger partial charge in [-0.2, -0.15) is 4.98 Å². The standard InChI is InChI=1S/C22H20ClFN4O3S/c1-14-25-20(26-31-14)13-32-19-5-3-2-4-16(19)21(29)27-8-10-28(11-9-27)22(30)17-12-15(23)6-7-18(17)24/h2-7,12H,8-11,13H2,1H3. The molecule has 1 aliphatic heterocycles. The van der Waals surface area contributed by atoms with Crippen LogP contribution in [0.4, 0.5) is 4.39 Å². The molecule has 2 heterocycles. The fourth-order valence-corrected chi connectivity index (χ4v) is 4.49. The summed E-state index contributed by atoms with van der Waals surface area (Å²) in [5, 5.41) is 4.18. The number of carbonyl (C=O) groups excluding carboxylic acids is 2.